The van der Waals surface area contributed by atoms with Crippen molar-refractivity contribution in [2.45, 2.75) is 52.9 Å². The van der Waals surface area contributed by atoms with Crippen LogP contribution in [0.3, 0.4) is 0 Å². The smallest absolute Gasteiger partial charge is 0.145 e. The predicted molar refractivity (Wildman–Crippen MR) is 67.2 cm³/mol. The van der Waals surface area contributed by atoms with Gasteiger partial charge < -0.3 is 0 Å². The second kappa shape index (κ2) is 4.20. The Morgan fingerprint density at radius 3 is 2.69 bits per heavy atom. The summed E-state index contributed by atoms with van der Waals surface area (Å²) < 4.78 is 0. The van der Waals surface area contributed by atoms with Gasteiger partial charge in [-0.3, -0.25) is 4.79 Å². The van der Waals surface area contributed by atoms with Crippen LogP contribution in [-0.2, 0) is 4.79 Å². The molecule has 2 rings (SSSR count). The van der Waals surface area contributed by atoms with Crippen LogP contribution >= 0.6 is 0 Å². The quantitative estimate of drug-likeness (QED) is 0.505. The fourth-order valence-corrected chi connectivity index (χ4v) is 3.49. The molecule has 1 atom stereocenters. The second-order valence-corrected chi connectivity index (χ2v) is 5.67. The van der Waals surface area contributed by atoms with Crippen molar-refractivity contribution in [3.63, 3.8) is 0 Å². The molecule has 16 heavy (non-hydrogen) atoms. The summed E-state index contributed by atoms with van der Waals surface area (Å²) in [5.41, 5.74) is 4.63. The van der Waals surface area contributed by atoms with Crippen molar-refractivity contribution in [2.24, 2.45) is 11.3 Å². The van der Waals surface area contributed by atoms with E-state index in [0.717, 1.165) is 31.1 Å². The first-order valence-electron chi connectivity index (χ1n) is 6.43. The SMILES string of the molecule is CC1=C2CCC(C=O)=CC[C@@]2(C(C)C)CC1. The fourth-order valence-electron chi connectivity index (χ4n) is 3.49. The highest BCUT2D eigenvalue weighted by Gasteiger charge is 2.41. The molecule has 88 valence electrons. The van der Waals surface area contributed by atoms with Gasteiger partial charge in [0.05, 0.1) is 0 Å². The van der Waals surface area contributed by atoms with Crippen molar-refractivity contribution in [1.29, 1.82) is 0 Å². The Kier molecular flexibility index (Phi) is 3.05. The van der Waals surface area contributed by atoms with Gasteiger partial charge in [0.2, 0.25) is 0 Å². The molecule has 0 aliphatic heterocycles. The van der Waals surface area contributed by atoms with Gasteiger partial charge in [0.1, 0.15) is 6.29 Å². The fraction of sp³-hybridized carbons (Fsp3) is 0.667. The maximum absolute atomic E-state index is 10.9. The summed E-state index contributed by atoms with van der Waals surface area (Å²) in [6.07, 6.45) is 8.92. The molecule has 0 saturated heterocycles. The Morgan fingerprint density at radius 1 is 1.31 bits per heavy atom. The van der Waals surface area contributed by atoms with Crippen LogP contribution in [0, 0.1) is 11.3 Å². The summed E-state index contributed by atoms with van der Waals surface area (Å²) in [5.74, 6) is 0.683. The molecule has 0 N–H and O–H groups in total. The molecule has 1 heteroatoms. The van der Waals surface area contributed by atoms with Gasteiger partial charge in [0.25, 0.3) is 0 Å². The van der Waals surface area contributed by atoms with Gasteiger partial charge in [0, 0.05) is 0 Å². The summed E-state index contributed by atoms with van der Waals surface area (Å²) in [5, 5.41) is 0. The van der Waals surface area contributed by atoms with E-state index in [-0.39, 0.29) is 0 Å². The van der Waals surface area contributed by atoms with Crippen LogP contribution in [0.4, 0.5) is 0 Å². The topological polar surface area (TPSA) is 17.1 Å². The van der Waals surface area contributed by atoms with Crippen LogP contribution in [0.2, 0.25) is 0 Å². The van der Waals surface area contributed by atoms with E-state index in [1.54, 1.807) is 11.1 Å². The Hall–Kier alpha value is -0.850. The maximum atomic E-state index is 10.9. The number of fused-ring (bicyclic) bond motifs is 1. The molecule has 0 fully saturated rings. The summed E-state index contributed by atoms with van der Waals surface area (Å²) >= 11 is 0. The first-order valence-corrected chi connectivity index (χ1v) is 6.43. The minimum absolute atomic E-state index is 0.370. The lowest BCUT2D eigenvalue weighted by Gasteiger charge is -2.35. The van der Waals surface area contributed by atoms with E-state index in [0.29, 0.717) is 11.3 Å². The Morgan fingerprint density at radius 2 is 2.06 bits per heavy atom. The van der Waals surface area contributed by atoms with Gasteiger partial charge in [-0.25, -0.2) is 0 Å². The van der Waals surface area contributed by atoms with Crippen molar-refractivity contribution in [1.82, 2.24) is 0 Å². The number of allylic oxidation sites excluding steroid dienone is 4. The predicted octanol–water partition coefficient (Wildman–Crippen LogP) is 4.05. The van der Waals surface area contributed by atoms with Crippen molar-refractivity contribution >= 4 is 6.29 Å². The van der Waals surface area contributed by atoms with Gasteiger partial charge in [-0.15, -0.1) is 0 Å². The summed E-state index contributed by atoms with van der Waals surface area (Å²) in [7, 11) is 0. The van der Waals surface area contributed by atoms with Crippen LogP contribution in [0.25, 0.3) is 0 Å². The van der Waals surface area contributed by atoms with E-state index in [2.05, 4.69) is 26.8 Å². The van der Waals surface area contributed by atoms with Crippen LogP contribution in [0.1, 0.15) is 52.9 Å². The summed E-state index contributed by atoms with van der Waals surface area (Å²) in [6.45, 7) is 6.95. The maximum Gasteiger partial charge on any atom is 0.145 e. The van der Waals surface area contributed by atoms with E-state index in [9.17, 15) is 4.79 Å². The molecule has 2 aliphatic rings. The zero-order valence-electron chi connectivity index (χ0n) is 10.7. The van der Waals surface area contributed by atoms with Crippen LogP contribution in [0.5, 0.6) is 0 Å². The van der Waals surface area contributed by atoms with E-state index >= 15 is 0 Å². The highest BCUT2D eigenvalue weighted by atomic mass is 16.1. The lowest BCUT2D eigenvalue weighted by molar-refractivity contribution is -0.105. The normalized spacial score (nSPS) is 30.1. The number of hydrogen-bond donors (Lipinski definition) is 0. The molecule has 0 bridgehead atoms. The van der Waals surface area contributed by atoms with Gasteiger partial charge >= 0.3 is 0 Å². The highest BCUT2D eigenvalue weighted by Crippen LogP contribution is 2.54. The molecule has 0 aromatic heterocycles. The van der Waals surface area contributed by atoms with Gasteiger partial charge in [0.15, 0.2) is 0 Å². The van der Waals surface area contributed by atoms with Gasteiger partial charge in [-0.2, -0.15) is 0 Å². The molecule has 0 radical (unpaired) electrons. The highest BCUT2D eigenvalue weighted by molar-refractivity contribution is 5.73. The molecule has 2 aliphatic carbocycles. The Balaban J connectivity index is 2.38. The van der Waals surface area contributed by atoms with Crippen molar-refractivity contribution in [3.8, 4) is 0 Å². The molecular formula is C15H22O. The van der Waals surface area contributed by atoms with Crippen molar-refractivity contribution in [2.75, 3.05) is 0 Å². The molecule has 0 unspecified atom stereocenters. The van der Waals surface area contributed by atoms with E-state index in [1.807, 2.05) is 0 Å². The number of hydrogen-bond acceptors (Lipinski definition) is 1. The van der Waals surface area contributed by atoms with Crippen molar-refractivity contribution in [3.05, 3.63) is 22.8 Å². The lowest BCUT2D eigenvalue weighted by atomic mass is 9.69. The zero-order valence-corrected chi connectivity index (χ0v) is 10.7. The zero-order chi connectivity index (χ0) is 11.8. The standard InChI is InChI=1S/C15H22O/c1-11(2)15-8-6-12(3)14(15)5-4-13(10-16)7-9-15/h7,10-11H,4-6,8-9H2,1-3H3/t15-/m1/s1. The Labute approximate surface area is 98.6 Å². The number of aldehydes is 1. The van der Waals surface area contributed by atoms with Gasteiger partial charge in [-0.05, 0) is 55.9 Å². The number of carbonyl (C=O) groups is 1. The summed E-state index contributed by atoms with van der Waals surface area (Å²) in [6, 6.07) is 0. The molecule has 0 amide bonds. The average molecular weight is 218 g/mol. The van der Waals surface area contributed by atoms with Crippen LogP contribution < -0.4 is 0 Å². The molecular weight excluding hydrogens is 196 g/mol. The number of rotatable bonds is 2. The first-order chi connectivity index (χ1) is 7.60. The third-order valence-electron chi connectivity index (χ3n) is 4.71. The molecule has 0 aromatic rings. The van der Waals surface area contributed by atoms with Crippen LogP contribution in [-0.4, -0.2) is 6.29 Å². The summed E-state index contributed by atoms with van der Waals surface area (Å²) in [4.78, 5) is 10.9. The number of carbonyl (C=O) groups excluding carboxylic acids is 1. The molecule has 1 nitrogen and oxygen atoms in total. The van der Waals surface area contributed by atoms with Crippen molar-refractivity contribution < 1.29 is 4.79 Å². The second-order valence-electron chi connectivity index (χ2n) is 5.67. The average Bonchev–Trinajstić information content (AvgIpc) is 2.48. The third kappa shape index (κ3) is 1.66. The van der Waals surface area contributed by atoms with Gasteiger partial charge in [-0.1, -0.05) is 31.1 Å². The van der Waals surface area contributed by atoms with E-state index < -0.39 is 0 Å². The van der Waals surface area contributed by atoms with E-state index in [1.165, 1.54) is 12.8 Å². The van der Waals surface area contributed by atoms with E-state index in [4.69, 9.17) is 0 Å². The minimum atomic E-state index is 0.370. The van der Waals surface area contributed by atoms with Crippen LogP contribution in [0.15, 0.2) is 22.8 Å². The largest absolute Gasteiger partial charge is 0.298 e. The molecule has 0 heterocycles. The minimum Gasteiger partial charge on any atom is -0.298 e. The first kappa shape index (κ1) is 11.6. The molecule has 0 spiro atoms. The molecule has 0 aromatic carbocycles. The molecule has 0 saturated carbocycles. The monoisotopic (exact) mass is 218 g/mol. The Bertz CT molecular complexity index is 360. The third-order valence-corrected chi connectivity index (χ3v) is 4.71. The lowest BCUT2D eigenvalue weighted by Crippen LogP contribution is -2.26.